The topological polar surface area (TPSA) is 3.24 Å². The van der Waals surface area contributed by atoms with Crippen molar-refractivity contribution >= 4 is 38.6 Å². The van der Waals surface area contributed by atoms with Crippen LogP contribution < -0.4 is 4.90 Å². The lowest BCUT2D eigenvalue weighted by Gasteiger charge is -2.30. The first kappa shape index (κ1) is 34.0. The van der Waals surface area contributed by atoms with Crippen molar-refractivity contribution in [3.63, 3.8) is 0 Å². The average Bonchev–Trinajstić information content (AvgIpc) is 3.30. The van der Waals surface area contributed by atoms with Crippen LogP contribution in [-0.4, -0.2) is 0 Å². The number of rotatable bonds is 8. The van der Waals surface area contributed by atoms with E-state index in [9.17, 15) is 0 Å². The van der Waals surface area contributed by atoms with Crippen LogP contribution in [0.3, 0.4) is 0 Å². The fourth-order valence-electron chi connectivity index (χ4n) is 8.31. The van der Waals surface area contributed by atoms with E-state index in [1.807, 2.05) is 0 Å². The maximum absolute atomic E-state index is 2.43. The number of nitrogens with zero attached hydrogens (tertiary/aromatic N) is 1. The van der Waals surface area contributed by atoms with Crippen molar-refractivity contribution < 1.29 is 0 Å². The van der Waals surface area contributed by atoms with Crippen molar-refractivity contribution in [2.45, 2.75) is 0 Å². The van der Waals surface area contributed by atoms with Gasteiger partial charge in [0.1, 0.15) is 0 Å². The second-order valence-corrected chi connectivity index (χ2v) is 14.5. The Hall–Kier alpha value is -7.48. The van der Waals surface area contributed by atoms with Crippen molar-refractivity contribution in [1.29, 1.82) is 0 Å². The molecule has 10 aromatic carbocycles. The number of hydrogen-bond acceptors (Lipinski definition) is 1. The Kier molecular flexibility index (Phi) is 8.95. The molecule has 0 aliphatic carbocycles. The first-order valence-corrected chi connectivity index (χ1v) is 19.6. The molecule has 0 spiro atoms. The van der Waals surface area contributed by atoms with Gasteiger partial charge in [0.2, 0.25) is 0 Å². The van der Waals surface area contributed by atoms with Crippen LogP contribution in [0.25, 0.3) is 77.2 Å². The molecule has 0 unspecified atom stereocenters. The van der Waals surface area contributed by atoms with Gasteiger partial charge in [-0.05, 0) is 108 Å². The third-order valence-electron chi connectivity index (χ3n) is 11.1. The van der Waals surface area contributed by atoms with Crippen LogP contribution in [0.4, 0.5) is 17.1 Å². The molecule has 0 aromatic heterocycles. The van der Waals surface area contributed by atoms with Gasteiger partial charge in [-0.25, -0.2) is 0 Å². The monoisotopic (exact) mass is 725 g/mol. The van der Waals surface area contributed by atoms with Crippen LogP contribution in [0.5, 0.6) is 0 Å². The maximum atomic E-state index is 2.43. The van der Waals surface area contributed by atoms with E-state index in [1.165, 1.54) is 77.2 Å². The van der Waals surface area contributed by atoms with E-state index in [0.717, 1.165) is 17.1 Å². The Bertz CT molecular complexity index is 2980. The lowest BCUT2D eigenvalue weighted by atomic mass is 9.87. The molecule has 0 saturated carbocycles. The zero-order chi connectivity index (χ0) is 38.0. The van der Waals surface area contributed by atoms with Gasteiger partial charge in [0.25, 0.3) is 0 Å². The van der Waals surface area contributed by atoms with Gasteiger partial charge in [-0.1, -0.05) is 200 Å². The third kappa shape index (κ3) is 6.56. The fourth-order valence-corrected chi connectivity index (χ4v) is 8.31. The summed E-state index contributed by atoms with van der Waals surface area (Å²) in [6, 6.07) is 85.8. The summed E-state index contributed by atoms with van der Waals surface area (Å²) in [6.45, 7) is 0. The molecule has 268 valence electrons. The van der Waals surface area contributed by atoms with Gasteiger partial charge in [-0.2, -0.15) is 0 Å². The molecule has 10 rings (SSSR count). The predicted octanol–water partition coefficient (Wildman–Crippen LogP) is 15.8. The van der Waals surface area contributed by atoms with Gasteiger partial charge in [0.15, 0.2) is 0 Å². The molecular formula is C56H39N. The minimum Gasteiger partial charge on any atom is -0.310 e. The number of anilines is 3. The van der Waals surface area contributed by atoms with E-state index >= 15 is 0 Å². The summed E-state index contributed by atoms with van der Waals surface area (Å²) < 4.78 is 0. The van der Waals surface area contributed by atoms with Crippen molar-refractivity contribution in [3.05, 3.63) is 237 Å². The maximum Gasteiger partial charge on any atom is 0.0546 e. The lowest BCUT2D eigenvalue weighted by molar-refractivity contribution is 1.28. The largest absolute Gasteiger partial charge is 0.310 e. The highest BCUT2D eigenvalue weighted by Gasteiger charge is 2.23. The minimum absolute atomic E-state index is 1.08. The molecule has 57 heavy (non-hydrogen) atoms. The zero-order valence-corrected chi connectivity index (χ0v) is 31.5. The molecule has 0 N–H and O–H groups in total. The quantitative estimate of drug-likeness (QED) is 0.151. The summed E-state index contributed by atoms with van der Waals surface area (Å²) in [5, 5.41) is 4.95. The van der Waals surface area contributed by atoms with Crippen molar-refractivity contribution in [2.24, 2.45) is 0 Å². The summed E-state index contributed by atoms with van der Waals surface area (Å²) in [7, 11) is 0. The molecule has 0 aliphatic heterocycles. The standard InChI is InChI=1S/C56H39N/c1-3-15-40(16-4-1)42-31-35-48(36-32-42)57(49-37-33-45(34-38-49)51-26-13-22-44-20-9-10-23-50(44)51)55-28-14-27-53(47-30-29-41-17-7-8-21-46(41)39-47)56(55)54-25-12-11-24-52(54)43-18-5-2-6-19-43/h1-39H. The highest BCUT2D eigenvalue weighted by Crippen LogP contribution is 2.48. The van der Waals surface area contributed by atoms with Gasteiger partial charge < -0.3 is 4.90 Å². The molecular weight excluding hydrogens is 687 g/mol. The Morgan fingerprint density at radius 1 is 0.246 bits per heavy atom. The highest BCUT2D eigenvalue weighted by atomic mass is 15.1. The first-order chi connectivity index (χ1) is 28.3. The fraction of sp³-hybridized carbons (Fsp3) is 0. The van der Waals surface area contributed by atoms with Crippen LogP contribution in [0, 0.1) is 0 Å². The van der Waals surface area contributed by atoms with Gasteiger partial charge >= 0.3 is 0 Å². The normalized spacial score (nSPS) is 11.2. The van der Waals surface area contributed by atoms with Gasteiger partial charge in [-0.3, -0.25) is 0 Å². The van der Waals surface area contributed by atoms with Gasteiger partial charge in [-0.15, -0.1) is 0 Å². The van der Waals surface area contributed by atoms with Gasteiger partial charge in [0.05, 0.1) is 5.69 Å². The molecule has 0 radical (unpaired) electrons. The molecule has 0 amide bonds. The SMILES string of the molecule is c1ccc(-c2ccc(N(c3ccc(-c4cccc5ccccc45)cc3)c3cccc(-c4ccc5ccccc5c4)c3-c3ccccc3-c3ccccc3)cc2)cc1. The lowest BCUT2D eigenvalue weighted by Crippen LogP contribution is -2.12. The summed E-state index contributed by atoms with van der Waals surface area (Å²) in [5.74, 6) is 0. The zero-order valence-electron chi connectivity index (χ0n) is 31.5. The summed E-state index contributed by atoms with van der Waals surface area (Å²) in [4.78, 5) is 2.43. The molecule has 0 bridgehead atoms. The molecule has 0 aliphatic rings. The molecule has 0 atom stereocenters. The first-order valence-electron chi connectivity index (χ1n) is 19.6. The highest BCUT2D eigenvalue weighted by molar-refractivity contribution is 6.03. The Labute approximate surface area is 334 Å². The molecule has 1 heteroatoms. The van der Waals surface area contributed by atoms with Crippen molar-refractivity contribution in [3.8, 4) is 55.6 Å². The summed E-state index contributed by atoms with van der Waals surface area (Å²) >= 11 is 0. The van der Waals surface area contributed by atoms with E-state index in [0.29, 0.717) is 0 Å². The molecule has 0 heterocycles. The van der Waals surface area contributed by atoms with E-state index < -0.39 is 0 Å². The second-order valence-electron chi connectivity index (χ2n) is 14.5. The second kappa shape index (κ2) is 15.0. The Morgan fingerprint density at radius 2 is 0.719 bits per heavy atom. The van der Waals surface area contributed by atoms with E-state index in [4.69, 9.17) is 0 Å². The van der Waals surface area contributed by atoms with Crippen LogP contribution >= 0.6 is 0 Å². The van der Waals surface area contributed by atoms with Gasteiger partial charge in [0, 0.05) is 16.9 Å². The molecule has 0 saturated heterocycles. The minimum atomic E-state index is 1.08. The van der Waals surface area contributed by atoms with Crippen molar-refractivity contribution in [1.82, 2.24) is 0 Å². The van der Waals surface area contributed by atoms with Crippen LogP contribution in [0.1, 0.15) is 0 Å². The smallest absolute Gasteiger partial charge is 0.0546 e. The average molecular weight is 726 g/mol. The molecule has 10 aromatic rings. The number of hydrogen-bond donors (Lipinski definition) is 0. The summed E-state index contributed by atoms with van der Waals surface area (Å²) in [6.07, 6.45) is 0. The Balaban J connectivity index is 1.21. The summed E-state index contributed by atoms with van der Waals surface area (Å²) in [5.41, 5.74) is 15.2. The van der Waals surface area contributed by atoms with Crippen LogP contribution in [-0.2, 0) is 0 Å². The van der Waals surface area contributed by atoms with Crippen LogP contribution in [0.2, 0.25) is 0 Å². The molecule has 0 fully saturated rings. The Morgan fingerprint density at radius 3 is 1.46 bits per heavy atom. The van der Waals surface area contributed by atoms with E-state index in [2.05, 4.69) is 241 Å². The van der Waals surface area contributed by atoms with Crippen molar-refractivity contribution in [2.75, 3.05) is 4.90 Å². The predicted molar refractivity (Wildman–Crippen MR) is 243 cm³/mol. The third-order valence-corrected chi connectivity index (χ3v) is 11.1. The number of fused-ring (bicyclic) bond motifs is 2. The van der Waals surface area contributed by atoms with Crippen LogP contribution in [0.15, 0.2) is 237 Å². The van der Waals surface area contributed by atoms with E-state index in [1.54, 1.807) is 0 Å². The molecule has 1 nitrogen and oxygen atoms in total. The number of benzene rings is 10. The van der Waals surface area contributed by atoms with E-state index in [-0.39, 0.29) is 0 Å².